The molecule has 2 aromatic heterocycles. The highest BCUT2D eigenvalue weighted by Crippen LogP contribution is 2.22. The third-order valence-electron chi connectivity index (χ3n) is 2.43. The number of rotatable bonds is 4. The maximum Gasteiger partial charge on any atom is 0.0865 e. The van der Waals surface area contributed by atoms with Crippen LogP contribution >= 0.6 is 22.9 Å². The van der Waals surface area contributed by atoms with Gasteiger partial charge < -0.3 is 5.32 Å². The molecule has 2 aromatic rings. The second-order valence-corrected chi connectivity index (χ2v) is 4.69. The zero-order chi connectivity index (χ0) is 11.5. The van der Waals surface area contributed by atoms with Crippen molar-refractivity contribution < 1.29 is 0 Å². The van der Waals surface area contributed by atoms with Crippen molar-refractivity contribution in [3.05, 3.63) is 33.2 Å². The third-order valence-corrected chi connectivity index (χ3v) is 3.61. The lowest BCUT2D eigenvalue weighted by molar-refractivity contribution is 0.623. The van der Waals surface area contributed by atoms with Crippen molar-refractivity contribution in [2.75, 3.05) is 5.32 Å². The number of thiophene rings is 1. The van der Waals surface area contributed by atoms with Gasteiger partial charge in [-0.2, -0.15) is 16.4 Å². The summed E-state index contributed by atoms with van der Waals surface area (Å²) in [5.41, 5.74) is 3.07. The highest BCUT2D eigenvalue weighted by molar-refractivity contribution is 7.08. The van der Waals surface area contributed by atoms with E-state index in [1.54, 1.807) is 11.3 Å². The summed E-state index contributed by atoms with van der Waals surface area (Å²) in [7, 11) is 0. The van der Waals surface area contributed by atoms with Gasteiger partial charge in [-0.3, -0.25) is 4.68 Å². The Labute approximate surface area is 104 Å². The van der Waals surface area contributed by atoms with Crippen LogP contribution in [0.1, 0.15) is 18.3 Å². The maximum atomic E-state index is 6.21. The molecule has 5 heteroatoms. The Morgan fingerprint density at radius 1 is 1.56 bits per heavy atom. The lowest BCUT2D eigenvalue weighted by atomic mass is 10.3. The molecule has 1 N–H and O–H groups in total. The number of hydrogen-bond donors (Lipinski definition) is 1. The summed E-state index contributed by atoms with van der Waals surface area (Å²) in [6, 6.07) is 2.05. The second-order valence-electron chi connectivity index (χ2n) is 3.53. The summed E-state index contributed by atoms with van der Waals surface area (Å²) < 4.78 is 1.94. The average molecular weight is 256 g/mol. The van der Waals surface area contributed by atoms with Gasteiger partial charge in [0.25, 0.3) is 0 Å². The summed E-state index contributed by atoms with van der Waals surface area (Å²) in [6.07, 6.45) is 0. The number of aryl methyl sites for hydroxylation is 2. The van der Waals surface area contributed by atoms with Crippen molar-refractivity contribution in [1.29, 1.82) is 0 Å². The number of hydrogen-bond acceptors (Lipinski definition) is 3. The molecule has 2 heterocycles. The van der Waals surface area contributed by atoms with Gasteiger partial charge in [0.15, 0.2) is 0 Å². The van der Waals surface area contributed by atoms with Crippen LogP contribution in [-0.2, 0) is 13.1 Å². The van der Waals surface area contributed by atoms with Gasteiger partial charge in [-0.1, -0.05) is 11.6 Å². The van der Waals surface area contributed by atoms with Gasteiger partial charge in [-0.15, -0.1) is 0 Å². The topological polar surface area (TPSA) is 29.9 Å². The highest BCUT2D eigenvalue weighted by Gasteiger charge is 2.11. The molecule has 0 bridgehead atoms. The van der Waals surface area contributed by atoms with E-state index in [9.17, 15) is 0 Å². The molecule has 16 heavy (non-hydrogen) atoms. The molecule has 0 atom stereocenters. The van der Waals surface area contributed by atoms with E-state index in [0.717, 1.165) is 28.6 Å². The van der Waals surface area contributed by atoms with Crippen molar-refractivity contribution in [3.8, 4) is 0 Å². The van der Waals surface area contributed by atoms with E-state index >= 15 is 0 Å². The van der Waals surface area contributed by atoms with E-state index in [0.29, 0.717) is 6.54 Å². The smallest absolute Gasteiger partial charge is 0.0865 e. The molecule has 0 saturated heterocycles. The van der Waals surface area contributed by atoms with Crippen molar-refractivity contribution in [3.63, 3.8) is 0 Å². The van der Waals surface area contributed by atoms with Crippen LogP contribution in [0.5, 0.6) is 0 Å². The maximum absolute atomic E-state index is 6.21. The molecule has 0 aliphatic rings. The van der Waals surface area contributed by atoms with Gasteiger partial charge in [0, 0.05) is 17.6 Å². The van der Waals surface area contributed by atoms with Crippen LogP contribution in [0.3, 0.4) is 0 Å². The monoisotopic (exact) mass is 255 g/mol. The fraction of sp³-hybridized carbons (Fsp3) is 0.364. The minimum absolute atomic E-state index is 0.713. The lowest BCUT2D eigenvalue weighted by Gasteiger charge is -2.06. The highest BCUT2D eigenvalue weighted by atomic mass is 35.5. The largest absolute Gasteiger partial charge is 0.379 e. The Hall–Kier alpha value is -1.000. The van der Waals surface area contributed by atoms with E-state index < -0.39 is 0 Å². The predicted octanol–water partition coefficient (Wildman–Crippen LogP) is 3.54. The van der Waals surface area contributed by atoms with Crippen molar-refractivity contribution in [2.24, 2.45) is 0 Å². The molecule has 0 aliphatic heterocycles. The number of halogens is 1. The summed E-state index contributed by atoms with van der Waals surface area (Å²) in [5.74, 6) is 0. The molecule has 0 amide bonds. The molecular weight excluding hydrogens is 242 g/mol. The average Bonchev–Trinajstić information content (AvgIpc) is 2.87. The Balaban J connectivity index is 2.14. The number of nitrogens with one attached hydrogen (secondary N) is 1. The van der Waals surface area contributed by atoms with Crippen LogP contribution < -0.4 is 5.32 Å². The van der Waals surface area contributed by atoms with E-state index in [4.69, 9.17) is 11.6 Å². The number of aromatic nitrogens is 2. The zero-order valence-corrected chi connectivity index (χ0v) is 10.9. The van der Waals surface area contributed by atoms with Gasteiger partial charge >= 0.3 is 0 Å². The molecule has 0 unspecified atom stereocenters. The van der Waals surface area contributed by atoms with Gasteiger partial charge in [-0.25, -0.2) is 0 Å². The minimum Gasteiger partial charge on any atom is -0.379 e. The fourth-order valence-electron chi connectivity index (χ4n) is 1.59. The third kappa shape index (κ3) is 2.23. The van der Waals surface area contributed by atoms with Gasteiger partial charge in [0.05, 0.1) is 23.0 Å². The summed E-state index contributed by atoms with van der Waals surface area (Å²) in [6.45, 7) is 5.55. The predicted molar refractivity (Wildman–Crippen MR) is 69.3 cm³/mol. The Morgan fingerprint density at radius 2 is 2.38 bits per heavy atom. The van der Waals surface area contributed by atoms with Crippen LogP contribution in [-0.4, -0.2) is 9.78 Å². The van der Waals surface area contributed by atoms with E-state index in [2.05, 4.69) is 28.8 Å². The van der Waals surface area contributed by atoms with E-state index in [1.165, 1.54) is 0 Å². The molecule has 3 nitrogen and oxygen atoms in total. The summed E-state index contributed by atoms with van der Waals surface area (Å²) in [5, 5.41) is 12.6. The summed E-state index contributed by atoms with van der Waals surface area (Å²) >= 11 is 7.89. The number of nitrogens with zero attached hydrogens (tertiary/aromatic N) is 2. The molecule has 0 radical (unpaired) electrons. The van der Waals surface area contributed by atoms with Gasteiger partial charge in [0.1, 0.15) is 0 Å². The standard InChI is InChI=1S/C11H14ClN3S/c1-3-15-10(11(12)8(2)14-15)6-13-9-4-5-16-7-9/h4-5,7,13H,3,6H2,1-2H3. The normalized spacial score (nSPS) is 10.7. The molecule has 2 rings (SSSR count). The van der Waals surface area contributed by atoms with Crippen molar-refractivity contribution in [2.45, 2.75) is 26.9 Å². The van der Waals surface area contributed by atoms with Gasteiger partial charge in [0.2, 0.25) is 0 Å². The first-order chi connectivity index (χ1) is 7.72. The molecule has 86 valence electrons. The molecule has 0 aromatic carbocycles. The van der Waals surface area contributed by atoms with E-state index in [1.807, 2.05) is 17.0 Å². The quantitative estimate of drug-likeness (QED) is 0.906. The van der Waals surface area contributed by atoms with Gasteiger partial charge in [-0.05, 0) is 25.3 Å². The first kappa shape index (κ1) is 11.5. The summed E-state index contributed by atoms with van der Waals surface area (Å²) in [4.78, 5) is 0. The van der Waals surface area contributed by atoms with Crippen LogP contribution in [0.25, 0.3) is 0 Å². The first-order valence-electron chi connectivity index (χ1n) is 5.20. The van der Waals surface area contributed by atoms with E-state index in [-0.39, 0.29) is 0 Å². The molecule has 0 saturated carbocycles. The first-order valence-corrected chi connectivity index (χ1v) is 6.52. The Bertz CT molecular complexity index is 462. The second kappa shape index (κ2) is 4.89. The Morgan fingerprint density at radius 3 is 3.00 bits per heavy atom. The van der Waals surface area contributed by atoms with Crippen LogP contribution in [0.4, 0.5) is 5.69 Å². The SMILES string of the molecule is CCn1nc(C)c(Cl)c1CNc1ccsc1. The fourth-order valence-corrected chi connectivity index (χ4v) is 2.40. The zero-order valence-electron chi connectivity index (χ0n) is 9.33. The van der Waals surface area contributed by atoms with Crippen LogP contribution in [0.2, 0.25) is 5.02 Å². The molecule has 0 fully saturated rings. The minimum atomic E-state index is 0.713. The lowest BCUT2D eigenvalue weighted by Crippen LogP contribution is -2.07. The van der Waals surface area contributed by atoms with Crippen molar-refractivity contribution >= 4 is 28.6 Å². The molecule has 0 spiro atoms. The molecular formula is C11H14ClN3S. The van der Waals surface area contributed by atoms with Crippen LogP contribution in [0.15, 0.2) is 16.8 Å². The van der Waals surface area contributed by atoms with Crippen molar-refractivity contribution in [1.82, 2.24) is 9.78 Å². The number of anilines is 1. The van der Waals surface area contributed by atoms with Crippen LogP contribution in [0, 0.1) is 6.92 Å². The molecule has 0 aliphatic carbocycles. The Kier molecular flexibility index (Phi) is 3.51.